The molecule has 1 spiro atoms. The minimum atomic E-state index is -0.758. The maximum absolute atomic E-state index is 13.1. The van der Waals surface area contributed by atoms with Gasteiger partial charge in [-0.25, -0.2) is 4.79 Å². The summed E-state index contributed by atoms with van der Waals surface area (Å²) in [6.07, 6.45) is 2.84. The summed E-state index contributed by atoms with van der Waals surface area (Å²) >= 11 is 3.50. The standard InChI is InChI=1S/C21H26BrNO4/c1-5-26-20(25)27-18-17(16-13(3)9-15(22)10-14(16)4)19(24)23-21(18)8-6-7-12(2)11-21/h9-10,12H,5-8,11H2,1-4H3,(H,23,24). The number of ether oxygens (including phenoxy) is 2. The first kappa shape index (κ1) is 19.9. The van der Waals surface area contributed by atoms with Crippen molar-refractivity contribution in [3.8, 4) is 0 Å². The number of rotatable bonds is 3. The third-order valence-electron chi connectivity index (χ3n) is 5.43. The third kappa shape index (κ3) is 3.77. The highest BCUT2D eigenvalue weighted by Crippen LogP contribution is 2.46. The van der Waals surface area contributed by atoms with Gasteiger partial charge in [-0.05, 0) is 68.4 Å². The van der Waals surface area contributed by atoms with E-state index in [1.165, 1.54) is 0 Å². The number of benzene rings is 1. The summed E-state index contributed by atoms with van der Waals surface area (Å²) < 4.78 is 11.7. The van der Waals surface area contributed by atoms with E-state index < -0.39 is 11.7 Å². The quantitative estimate of drug-likeness (QED) is 0.676. The van der Waals surface area contributed by atoms with Crippen LogP contribution in [-0.4, -0.2) is 24.2 Å². The molecule has 27 heavy (non-hydrogen) atoms. The van der Waals surface area contributed by atoms with Gasteiger partial charge in [0.2, 0.25) is 0 Å². The van der Waals surface area contributed by atoms with Crippen LogP contribution in [0.5, 0.6) is 0 Å². The van der Waals surface area contributed by atoms with E-state index in [0.717, 1.165) is 46.8 Å². The highest BCUT2D eigenvalue weighted by atomic mass is 79.9. The number of amides is 1. The minimum absolute atomic E-state index is 0.183. The summed E-state index contributed by atoms with van der Waals surface area (Å²) in [5.41, 5.74) is 2.56. The van der Waals surface area contributed by atoms with E-state index in [1.54, 1.807) is 6.92 Å². The van der Waals surface area contributed by atoms with Gasteiger partial charge in [-0.3, -0.25) is 4.79 Å². The molecule has 6 heteroatoms. The van der Waals surface area contributed by atoms with Gasteiger partial charge in [0.15, 0.2) is 0 Å². The molecule has 1 aromatic carbocycles. The molecule has 1 N–H and O–H groups in total. The Morgan fingerprint density at radius 3 is 2.59 bits per heavy atom. The van der Waals surface area contributed by atoms with Crippen molar-refractivity contribution in [2.24, 2.45) is 5.92 Å². The largest absolute Gasteiger partial charge is 0.513 e. The Hall–Kier alpha value is -1.82. The zero-order chi connectivity index (χ0) is 19.8. The maximum atomic E-state index is 13.1. The Morgan fingerprint density at radius 2 is 2.00 bits per heavy atom. The lowest BCUT2D eigenvalue weighted by Crippen LogP contribution is -2.48. The maximum Gasteiger partial charge on any atom is 0.513 e. The van der Waals surface area contributed by atoms with Gasteiger partial charge in [-0.2, -0.15) is 0 Å². The fourth-order valence-electron chi connectivity index (χ4n) is 4.46. The molecule has 2 unspecified atom stereocenters. The van der Waals surface area contributed by atoms with Gasteiger partial charge in [-0.1, -0.05) is 35.7 Å². The van der Waals surface area contributed by atoms with Crippen LogP contribution in [-0.2, 0) is 14.3 Å². The van der Waals surface area contributed by atoms with Crippen molar-refractivity contribution >= 4 is 33.6 Å². The molecule has 1 aliphatic heterocycles. The number of halogens is 1. The molecule has 1 amide bonds. The predicted octanol–water partition coefficient (Wildman–Crippen LogP) is 5.03. The molecule has 5 nitrogen and oxygen atoms in total. The molecule has 1 aliphatic carbocycles. The van der Waals surface area contributed by atoms with Gasteiger partial charge in [0.1, 0.15) is 5.76 Å². The van der Waals surface area contributed by atoms with Crippen LogP contribution in [0.4, 0.5) is 4.79 Å². The third-order valence-corrected chi connectivity index (χ3v) is 5.89. The van der Waals surface area contributed by atoms with E-state index in [0.29, 0.717) is 17.3 Å². The number of carbonyl (C=O) groups is 2. The van der Waals surface area contributed by atoms with Gasteiger partial charge < -0.3 is 14.8 Å². The molecule has 1 fully saturated rings. The molecule has 1 aromatic rings. The molecule has 146 valence electrons. The molecular weight excluding hydrogens is 410 g/mol. The van der Waals surface area contributed by atoms with Crippen LogP contribution in [0, 0.1) is 19.8 Å². The zero-order valence-electron chi connectivity index (χ0n) is 16.3. The molecule has 3 rings (SSSR count). The second-order valence-electron chi connectivity index (χ2n) is 7.64. The van der Waals surface area contributed by atoms with E-state index in [4.69, 9.17) is 9.47 Å². The van der Waals surface area contributed by atoms with Crippen molar-refractivity contribution in [3.63, 3.8) is 0 Å². The van der Waals surface area contributed by atoms with Gasteiger partial charge in [0, 0.05) is 4.47 Å². The smallest absolute Gasteiger partial charge is 0.434 e. The molecule has 2 aliphatic rings. The molecule has 1 heterocycles. The van der Waals surface area contributed by atoms with Gasteiger partial charge in [0.05, 0.1) is 17.7 Å². The van der Waals surface area contributed by atoms with Crippen molar-refractivity contribution in [2.75, 3.05) is 6.61 Å². The summed E-state index contributed by atoms with van der Waals surface area (Å²) in [5.74, 6) is 0.675. The fraction of sp³-hybridized carbons (Fsp3) is 0.524. The summed E-state index contributed by atoms with van der Waals surface area (Å²) in [6.45, 7) is 8.05. The predicted molar refractivity (Wildman–Crippen MR) is 107 cm³/mol. The summed E-state index contributed by atoms with van der Waals surface area (Å²) in [4.78, 5) is 25.3. The lowest BCUT2D eigenvalue weighted by Gasteiger charge is -2.37. The van der Waals surface area contributed by atoms with Crippen LogP contribution in [0.2, 0.25) is 0 Å². The van der Waals surface area contributed by atoms with Gasteiger partial charge >= 0.3 is 6.16 Å². The molecule has 0 aromatic heterocycles. The van der Waals surface area contributed by atoms with Crippen LogP contribution in [0.15, 0.2) is 22.4 Å². The first-order valence-electron chi connectivity index (χ1n) is 9.46. The Morgan fingerprint density at radius 1 is 1.33 bits per heavy atom. The normalized spacial score (nSPS) is 24.9. The van der Waals surface area contributed by atoms with Crippen molar-refractivity contribution in [1.82, 2.24) is 5.32 Å². The Bertz CT molecular complexity index is 793. The Kier molecular flexibility index (Phi) is 5.65. The number of hydrogen-bond acceptors (Lipinski definition) is 4. The van der Waals surface area contributed by atoms with Crippen LogP contribution in [0.25, 0.3) is 5.57 Å². The van der Waals surface area contributed by atoms with Crippen molar-refractivity contribution in [1.29, 1.82) is 0 Å². The van der Waals surface area contributed by atoms with E-state index in [1.807, 2.05) is 26.0 Å². The van der Waals surface area contributed by atoms with Crippen LogP contribution >= 0.6 is 15.9 Å². The van der Waals surface area contributed by atoms with Crippen molar-refractivity contribution in [2.45, 2.75) is 58.9 Å². The molecule has 2 atom stereocenters. The highest BCUT2D eigenvalue weighted by molar-refractivity contribution is 9.10. The molecule has 0 bridgehead atoms. The summed E-state index contributed by atoms with van der Waals surface area (Å²) in [6, 6.07) is 3.94. The van der Waals surface area contributed by atoms with Crippen molar-refractivity contribution in [3.05, 3.63) is 39.1 Å². The average Bonchev–Trinajstić information content (AvgIpc) is 2.79. The van der Waals surface area contributed by atoms with Gasteiger partial charge in [-0.15, -0.1) is 0 Å². The molecule has 1 saturated carbocycles. The number of aryl methyl sites for hydroxylation is 2. The first-order valence-corrected chi connectivity index (χ1v) is 10.3. The second-order valence-corrected chi connectivity index (χ2v) is 8.56. The van der Waals surface area contributed by atoms with E-state index in [9.17, 15) is 9.59 Å². The second kappa shape index (κ2) is 7.66. The number of hydrogen-bond donors (Lipinski definition) is 1. The lowest BCUT2D eigenvalue weighted by molar-refractivity contribution is -0.116. The van der Waals surface area contributed by atoms with E-state index in [-0.39, 0.29) is 12.5 Å². The average molecular weight is 436 g/mol. The zero-order valence-corrected chi connectivity index (χ0v) is 17.9. The molecular formula is C21H26BrNO4. The SMILES string of the molecule is CCOC(=O)OC1=C(c2c(C)cc(Br)cc2C)C(=O)NC12CCCC(C)C2. The van der Waals surface area contributed by atoms with Crippen LogP contribution < -0.4 is 5.32 Å². The van der Waals surface area contributed by atoms with Crippen LogP contribution in [0.1, 0.15) is 56.2 Å². The molecule has 0 radical (unpaired) electrons. The topological polar surface area (TPSA) is 64.6 Å². The highest BCUT2D eigenvalue weighted by Gasteiger charge is 2.50. The lowest BCUT2D eigenvalue weighted by atomic mass is 9.75. The summed E-state index contributed by atoms with van der Waals surface area (Å²) in [7, 11) is 0. The number of nitrogens with one attached hydrogen (secondary N) is 1. The van der Waals surface area contributed by atoms with E-state index in [2.05, 4.69) is 28.2 Å². The Labute approximate surface area is 168 Å². The number of carbonyl (C=O) groups excluding carboxylic acids is 2. The van der Waals surface area contributed by atoms with Crippen LogP contribution in [0.3, 0.4) is 0 Å². The first-order chi connectivity index (χ1) is 12.8. The van der Waals surface area contributed by atoms with Gasteiger partial charge in [0.25, 0.3) is 5.91 Å². The Balaban J connectivity index is 2.18. The monoisotopic (exact) mass is 435 g/mol. The van der Waals surface area contributed by atoms with E-state index >= 15 is 0 Å². The fourth-order valence-corrected chi connectivity index (χ4v) is 5.15. The van der Waals surface area contributed by atoms with Crippen molar-refractivity contribution < 1.29 is 19.1 Å². The minimum Gasteiger partial charge on any atom is -0.434 e. The summed E-state index contributed by atoms with van der Waals surface area (Å²) in [5, 5.41) is 3.16. The molecule has 0 saturated heterocycles.